The third-order valence-electron chi connectivity index (χ3n) is 15.2. The van der Waals surface area contributed by atoms with Gasteiger partial charge in [-0.2, -0.15) is 0 Å². The van der Waals surface area contributed by atoms with Crippen LogP contribution in [-0.2, 0) is 75.8 Å². The van der Waals surface area contributed by atoms with Crippen LogP contribution in [0, 0.1) is 0 Å². The third kappa shape index (κ3) is 10.6. The molecule has 0 aromatic carbocycles. The number of hydrogen-bond donors (Lipinski definition) is 17. The molecule has 21 aliphatic rings. The van der Waals surface area contributed by atoms with Crippen molar-refractivity contribution in [2.24, 2.45) is 0 Å². The fourth-order valence-electron chi connectivity index (χ4n) is 10.9. The summed E-state index contributed by atoms with van der Waals surface area (Å²) in [6.45, 7) is -6.20. The summed E-state index contributed by atoms with van der Waals surface area (Å²) in [4.78, 5) is 0. The van der Waals surface area contributed by atoms with Gasteiger partial charge >= 0.3 is 0 Å². The fourth-order valence-corrected chi connectivity index (χ4v) is 10.9. The van der Waals surface area contributed by atoms with Crippen LogP contribution in [0.4, 0.5) is 0 Å². The van der Waals surface area contributed by atoms with Gasteiger partial charge in [-0.1, -0.05) is 0 Å². The average molecular weight is 1100 g/mol. The van der Waals surface area contributed by atoms with Crippen LogP contribution in [0.2, 0.25) is 0 Å². The van der Waals surface area contributed by atoms with Gasteiger partial charge in [-0.25, -0.2) is 0 Å². The first-order valence-electron chi connectivity index (χ1n) is 24.5. The maximum Gasteiger partial charge on any atom is 0.187 e. The van der Waals surface area contributed by atoms with Crippen LogP contribution < -0.4 is 0 Å². The molecule has 432 valence electrons. The Morgan fingerprint density at radius 2 is 0.333 bits per heavy atom. The molecule has 17 N–H and O–H groups in total. The van der Waals surface area contributed by atoms with Gasteiger partial charge in [0.25, 0.3) is 0 Å². The van der Waals surface area contributed by atoms with E-state index in [4.69, 9.17) is 75.8 Å². The predicted octanol–water partition coefficient (Wildman–Crippen LogP) is -13.1. The molecule has 0 aromatic rings. The number of hydrogen-bond acceptors (Lipinski definition) is 33. The van der Waals surface area contributed by atoms with Crippen molar-refractivity contribution in [2.45, 2.75) is 215 Å². The molecule has 21 fully saturated rings. The van der Waals surface area contributed by atoms with E-state index < -0.39 is 261 Å². The second-order valence-corrected chi connectivity index (χ2v) is 19.8. The van der Waals surface area contributed by atoms with Crippen LogP contribution >= 0.6 is 0 Å². The summed E-state index contributed by atoms with van der Waals surface area (Å²) in [5, 5.41) is 186. The molecule has 33 nitrogen and oxygen atoms in total. The maximum absolute atomic E-state index is 11.4. The topological polar surface area (TPSA) is 498 Å². The van der Waals surface area contributed by atoms with E-state index >= 15 is 0 Å². The smallest absolute Gasteiger partial charge is 0.187 e. The zero-order valence-corrected chi connectivity index (χ0v) is 39.3. The van der Waals surface area contributed by atoms with Crippen LogP contribution in [0.3, 0.4) is 0 Å². The first kappa shape index (κ1) is 56.9. The highest BCUT2D eigenvalue weighted by Crippen LogP contribution is 2.46. The van der Waals surface area contributed by atoms with Crippen molar-refractivity contribution in [2.75, 3.05) is 46.2 Å². The molecule has 21 saturated heterocycles. The lowest BCUT2D eigenvalue weighted by Crippen LogP contribution is -2.68. The van der Waals surface area contributed by atoms with Crippen molar-refractivity contribution >= 4 is 0 Å². The van der Waals surface area contributed by atoms with Gasteiger partial charge in [0.1, 0.15) is 171 Å². The van der Waals surface area contributed by atoms with E-state index in [0.29, 0.717) is 0 Å². The zero-order chi connectivity index (χ0) is 53.5. The number of ether oxygens (including phenoxy) is 16. The molecule has 0 saturated carbocycles. The fraction of sp³-hybridized carbons (Fsp3) is 1.00. The van der Waals surface area contributed by atoms with Crippen molar-refractivity contribution < 1.29 is 163 Å². The first-order chi connectivity index (χ1) is 36.0. The van der Waals surface area contributed by atoms with Gasteiger partial charge in [0.15, 0.2) is 44.0 Å². The lowest BCUT2D eigenvalue weighted by atomic mass is 9.95. The highest BCUT2D eigenvalue weighted by Gasteiger charge is 2.66. The SMILES string of the molecule is OC[C@@H]1O[C@@H]2O[C@H]3[C@H](O)[C@@H](O)[C@@H](O[C@H]4[C@@H]5O[C@@H]5[C@@H](O[C@H]5[C@@H]6O[C@@H]6[C@@H](O[C@H]6[C@@H](O)[C@@H](O)[C@@H](O[C@H]7[C@@H](O)[C@@H](O)[C@@H](O[C@H]8[C@@H](O)[C@@H](O)[C@@H](O[C@H]1[C@H](O)[C@H]2O)O[C@@H]8CO)O[C@@H]7CO)O[C@@H]6CO)O[C@@H]5CO)O[C@@H]4CO)O[C@@H]3CO. The summed E-state index contributed by atoms with van der Waals surface area (Å²) < 4.78 is 93.6. The highest BCUT2D eigenvalue weighted by molar-refractivity contribution is 5.07. The van der Waals surface area contributed by atoms with E-state index in [-0.39, 0.29) is 0 Å². The Balaban J connectivity index is 0.908. The van der Waals surface area contributed by atoms with Crippen LogP contribution in [0.25, 0.3) is 0 Å². The molecule has 75 heavy (non-hydrogen) atoms. The molecule has 21 rings (SSSR count). The minimum absolute atomic E-state index is 0.700. The lowest BCUT2D eigenvalue weighted by Gasteiger charge is -2.49. The van der Waals surface area contributed by atoms with Gasteiger partial charge in [0.2, 0.25) is 0 Å². The summed E-state index contributed by atoms with van der Waals surface area (Å²) in [5.41, 5.74) is 0. The van der Waals surface area contributed by atoms with Gasteiger partial charge in [-0.3, -0.25) is 0 Å². The summed E-state index contributed by atoms with van der Waals surface area (Å²) in [5.74, 6) is 0. The van der Waals surface area contributed by atoms with E-state index in [9.17, 15) is 86.8 Å². The molecule has 0 aromatic heterocycles. The quantitative estimate of drug-likeness (QED) is 0.105. The maximum atomic E-state index is 11.4. The number of aliphatic hydroxyl groups excluding tert-OH is 17. The summed E-state index contributed by atoms with van der Waals surface area (Å²) >= 11 is 0. The molecule has 0 unspecified atom stereocenters. The summed E-state index contributed by atoms with van der Waals surface area (Å²) in [7, 11) is 0. The van der Waals surface area contributed by atoms with Crippen molar-refractivity contribution in [3.05, 3.63) is 0 Å². The highest BCUT2D eigenvalue weighted by atomic mass is 16.8. The van der Waals surface area contributed by atoms with Crippen molar-refractivity contribution in [1.29, 1.82) is 0 Å². The van der Waals surface area contributed by atoms with Crippen LogP contribution in [0.5, 0.6) is 0 Å². The van der Waals surface area contributed by atoms with Crippen LogP contribution in [0.15, 0.2) is 0 Å². The number of rotatable bonds is 7. The average Bonchev–Trinajstić information content (AvgIpc) is 4.36. The second-order valence-electron chi connectivity index (χ2n) is 19.8. The summed E-state index contributed by atoms with van der Waals surface area (Å²) in [6, 6.07) is 0. The minimum Gasteiger partial charge on any atom is -0.394 e. The third-order valence-corrected chi connectivity index (χ3v) is 15.2. The molecule has 33 heteroatoms. The molecule has 35 atom stereocenters. The normalized spacial score (nSPS) is 57.3. The molecule has 21 aliphatic heterocycles. The Morgan fingerprint density at radius 3 is 0.560 bits per heavy atom. The lowest BCUT2D eigenvalue weighted by molar-refractivity contribution is -0.395. The second kappa shape index (κ2) is 23.3. The van der Waals surface area contributed by atoms with Crippen LogP contribution in [0.1, 0.15) is 0 Å². The van der Waals surface area contributed by atoms with Gasteiger partial charge in [-0.05, 0) is 0 Å². The molecule has 0 amide bonds. The van der Waals surface area contributed by atoms with Gasteiger partial charge in [0, 0.05) is 0 Å². The molecule has 14 bridgehead atoms. The monoisotopic (exact) mass is 1100 g/mol. The zero-order valence-electron chi connectivity index (χ0n) is 39.3. The number of aliphatic hydroxyl groups is 17. The van der Waals surface area contributed by atoms with E-state index in [1.807, 2.05) is 0 Å². The largest absolute Gasteiger partial charge is 0.394 e. The predicted molar refractivity (Wildman–Crippen MR) is 222 cm³/mol. The number of fused-ring (bicyclic) bond motifs is 2. The molecule has 0 aliphatic carbocycles. The van der Waals surface area contributed by atoms with E-state index in [1.165, 1.54) is 0 Å². The standard InChI is InChI=1S/C42H66O33/c43-1-8-25-15(50)20(55)36(60-8)70-26-9(2-44)62-38(22(57)16(26)51)72-28-11(4-46)64-40(24(59)18(28)53)74-30-13(6-48)66-42(35-32(30)67-35)75-31-14(7-49)65-41(34-33(31)68-34)73-29-12(5-47)63-39(23(58)19(29)54)71-27-10(3-45)61-37(69-25)21(56)17(27)52/h8-59H,1-7H2/t8-,9+,10-,11-,12-,13-,14-,15+,16-,17+,18-,19+,20-,21-,22-,23-,24-,25-,26-,27-,28-,29-,30-,31-,32+,33+,34+,35+,36-,37-,38-,39-,40-,41-,42-/m1/s1. The van der Waals surface area contributed by atoms with E-state index in [2.05, 4.69) is 0 Å². The Kier molecular flexibility index (Phi) is 17.7. The minimum atomic E-state index is -2.16. The Bertz CT molecular complexity index is 1860. The Labute approximate surface area is 423 Å². The molecular weight excluding hydrogens is 1030 g/mol. The Morgan fingerprint density at radius 1 is 0.160 bits per heavy atom. The molecule has 0 spiro atoms. The van der Waals surface area contributed by atoms with Crippen molar-refractivity contribution in [3.63, 3.8) is 0 Å². The van der Waals surface area contributed by atoms with Crippen molar-refractivity contribution in [1.82, 2.24) is 0 Å². The van der Waals surface area contributed by atoms with Crippen molar-refractivity contribution in [3.8, 4) is 0 Å². The molecular formula is C42H66O33. The Hall–Kier alpha value is -1.32. The first-order valence-corrected chi connectivity index (χ1v) is 24.5. The summed E-state index contributed by atoms with van der Waals surface area (Å²) in [6.07, 6.45) is -58.2. The van der Waals surface area contributed by atoms with Gasteiger partial charge in [-0.15, -0.1) is 0 Å². The van der Waals surface area contributed by atoms with Gasteiger partial charge < -0.3 is 163 Å². The molecule has 21 heterocycles. The molecule has 0 radical (unpaired) electrons. The number of epoxide rings is 2. The van der Waals surface area contributed by atoms with E-state index in [1.54, 1.807) is 0 Å². The van der Waals surface area contributed by atoms with E-state index in [0.717, 1.165) is 0 Å². The van der Waals surface area contributed by atoms with Crippen LogP contribution in [-0.4, -0.2) is 348 Å². The van der Waals surface area contributed by atoms with Gasteiger partial charge in [0.05, 0.1) is 46.2 Å².